The number of amidine groups is 1. The number of amides is 2. The number of sulfonamides is 1. The molecule has 1 aliphatic carbocycles. The Kier molecular flexibility index (Phi) is 6.78. The number of rotatable bonds is 5. The van der Waals surface area contributed by atoms with E-state index in [4.69, 9.17) is 9.83 Å². The van der Waals surface area contributed by atoms with Crippen molar-refractivity contribution in [3.63, 3.8) is 0 Å². The molecule has 1 saturated carbocycles. The Morgan fingerprint density at radius 2 is 1.75 bits per heavy atom. The molecule has 194 valence electrons. The Morgan fingerprint density at radius 1 is 1.11 bits per heavy atom. The van der Waals surface area contributed by atoms with Crippen LogP contribution in [0.2, 0.25) is 0 Å². The lowest BCUT2D eigenvalue weighted by Gasteiger charge is -2.34. The number of carbonyl (C=O) groups excluding carboxylic acids is 2. The lowest BCUT2D eigenvalue weighted by molar-refractivity contribution is -0.207. The zero-order valence-corrected chi connectivity index (χ0v) is 21.8. The second-order valence-corrected chi connectivity index (χ2v) is 12.1. The predicted molar refractivity (Wildman–Crippen MR) is 137 cm³/mol. The maximum absolute atomic E-state index is 13.1. The van der Waals surface area contributed by atoms with E-state index in [9.17, 15) is 18.0 Å². The lowest BCUT2D eigenvalue weighted by atomic mass is 9.88. The molecule has 1 spiro atoms. The molecular formula is C26H34N4O5S. The summed E-state index contributed by atoms with van der Waals surface area (Å²) in [4.78, 5) is 35.3. The summed E-state index contributed by atoms with van der Waals surface area (Å²) >= 11 is 0. The Bertz CT molecular complexity index is 1200. The summed E-state index contributed by atoms with van der Waals surface area (Å²) in [6.07, 6.45) is 8.04. The number of benzene rings is 1. The molecule has 36 heavy (non-hydrogen) atoms. The first-order chi connectivity index (χ1) is 17.2. The van der Waals surface area contributed by atoms with Crippen molar-refractivity contribution in [1.29, 1.82) is 0 Å². The highest BCUT2D eigenvalue weighted by molar-refractivity contribution is 7.92. The fraction of sp³-hybridized carbons (Fsp3) is 0.577. The summed E-state index contributed by atoms with van der Waals surface area (Å²) in [7, 11) is -3.67. The lowest BCUT2D eigenvalue weighted by Crippen LogP contribution is -2.50. The van der Waals surface area contributed by atoms with Crippen LogP contribution in [0.5, 0.6) is 0 Å². The summed E-state index contributed by atoms with van der Waals surface area (Å²) in [6, 6.07) is 3.52. The van der Waals surface area contributed by atoms with Crippen LogP contribution < -0.4 is 5.32 Å². The van der Waals surface area contributed by atoms with Crippen LogP contribution in [-0.2, 0) is 19.7 Å². The monoisotopic (exact) mass is 514 g/mol. The highest BCUT2D eigenvalue weighted by atomic mass is 32.2. The Morgan fingerprint density at radius 3 is 2.33 bits per heavy atom. The van der Waals surface area contributed by atoms with Crippen LogP contribution in [0, 0.1) is 19.8 Å². The van der Waals surface area contributed by atoms with Gasteiger partial charge in [-0.3, -0.25) is 19.4 Å². The molecule has 3 aliphatic heterocycles. The van der Waals surface area contributed by atoms with Gasteiger partial charge < -0.3 is 5.32 Å². The minimum Gasteiger partial charge on any atom is -0.312 e. The SMILES string of the molecule is Cc1cc(C(=O)N2CCO2)cc(C)c1/C=C/S(=O)(=O)N1CCC2(CC1)N=C(C1CCCCC1)NC2=O. The van der Waals surface area contributed by atoms with Crippen LogP contribution in [0.4, 0.5) is 0 Å². The molecule has 3 fully saturated rings. The first-order valence-electron chi connectivity index (χ1n) is 12.8. The fourth-order valence-electron chi connectivity index (χ4n) is 5.65. The van der Waals surface area contributed by atoms with E-state index in [1.54, 1.807) is 18.2 Å². The Balaban J connectivity index is 1.26. The molecule has 0 atom stereocenters. The van der Waals surface area contributed by atoms with Crippen molar-refractivity contribution >= 4 is 33.7 Å². The molecule has 3 heterocycles. The van der Waals surface area contributed by atoms with Crippen LogP contribution in [0.15, 0.2) is 22.5 Å². The second-order valence-electron chi connectivity index (χ2n) is 10.3. The highest BCUT2D eigenvalue weighted by Gasteiger charge is 2.48. The molecule has 1 aromatic carbocycles. The first-order valence-corrected chi connectivity index (χ1v) is 14.3. The normalized spacial score (nSPS) is 23.1. The van der Waals surface area contributed by atoms with Gasteiger partial charge in [-0.1, -0.05) is 19.3 Å². The van der Waals surface area contributed by atoms with Crippen LogP contribution >= 0.6 is 0 Å². The molecule has 2 saturated heterocycles. The predicted octanol–water partition coefficient (Wildman–Crippen LogP) is 2.93. The van der Waals surface area contributed by atoms with E-state index in [1.807, 2.05) is 13.8 Å². The summed E-state index contributed by atoms with van der Waals surface area (Å²) in [6.45, 7) is 5.34. The van der Waals surface area contributed by atoms with Crippen molar-refractivity contribution in [2.24, 2.45) is 10.9 Å². The minimum absolute atomic E-state index is 0.0832. The van der Waals surface area contributed by atoms with Crippen molar-refractivity contribution in [2.45, 2.75) is 64.3 Å². The fourth-order valence-corrected chi connectivity index (χ4v) is 6.82. The zero-order chi connectivity index (χ0) is 25.5. The number of hydrogen-bond acceptors (Lipinski definition) is 6. The van der Waals surface area contributed by atoms with Crippen molar-refractivity contribution in [3.8, 4) is 0 Å². The third-order valence-corrected chi connectivity index (χ3v) is 9.48. The number of carbonyl (C=O) groups is 2. The zero-order valence-electron chi connectivity index (χ0n) is 21.0. The standard InChI is InChI=1S/C26H34N4O5S/c1-18-16-21(24(31)30-13-14-35-30)17-19(2)22(18)8-15-36(33,34)29-11-9-26(10-12-29)25(32)27-23(28-26)20-6-4-3-5-7-20/h8,15-17,20H,3-7,9-14H2,1-2H3,(H,27,28,32)/b15-8+. The maximum Gasteiger partial charge on any atom is 0.277 e. The summed E-state index contributed by atoms with van der Waals surface area (Å²) < 4.78 is 27.7. The van der Waals surface area contributed by atoms with E-state index >= 15 is 0 Å². The van der Waals surface area contributed by atoms with Crippen LogP contribution in [0.25, 0.3) is 6.08 Å². The van der Waals surface area contributed by atoms with Gasteiger partial charge in [0.05, 0.1) is 13.2 Å². The van der Waals surface area contributed by atoms with E-state index in [0.717, 1.165) is 48.2 Å². The van der Waals surface area contributed by atoms with Gasteiger partial charge in [-0.15, -0.1) is 0 Å². The highest BCUT2D eigenvalue weighted by Crippen LogP contribution is 2.35. The topological polar surface area (TPSA) is 108 Å². The second kappa shape index (κ2) is 9.72. The average Bonchev–Trinajstić information content (AvgIpc) is 3.13. The van der Waals surface area contributed by atoms with Gasteiger partial charge in [0.1, 0.15) is 11.4 Å². The molecular weight excluding hydrogens is 480 g/mol. The first kappa shape index (κ1) is 25.1. The van der Waals surface area contributed by atoms with Gasteiger partial charge in [0.2, 0.25) is 10.0 Å². The van der Waals surface area contributed by atoms with Crippen molar-refractivity contribution < 1.29 is 22.8 Å². The van der Waals surface area contributed by atoms with Gasteiger partial charge in [0.15, 0.2) is 0 Å². The number of aryl methyl sites for hydroxylation is 2. The van der Waals surface area contributed by atoms with Gasteiger partial charge in [-0.2, -0.15) is 4.31 Å². The number of hydrogen-bond donors (Lipinski definition) is 1. The molecule has 5 rings (SSSR count). The van der Waals surface area contributed by atoms with Crippen LogP contribution in [0.3, 0.4) is 0 Å². The minimum atomic E-state index is -3.67. The van der Waals surface area contributed by atoms with Crippen LogP contribution in [-0.4, -0.2) is 67.2 Å². The van der Waals surface area contributed by atoms with Crippen molar-refractivity contribution in [2.75, 3.05) is 26.2 Å². The third-order valence-electron chi connectivity index (χ3n) is 7.92. The molecule has 1 aromatic rings. The van der Waals surface area contributed by atoms with Gasteiger partial charge in [0, 0.05) is 30.0 Å². The molecule has 9 nitrogen and oxygen atoms in total. The summed E-state index contributed by atoms with van der Waals surface area (Å²) in [5.74, 6) is 0.853. The van der Waals surface area contributed by atoms with Gasteiger partial charge in [-0.25, -0.2) is 13.5 Å². The number of nitrogens with zero attached hydrogens (tertiary/aromatic N) is 3. The van der Waals surface area contributed by atoms with E-state index in [-0.39, 0.29) is 24.9 Å². The summed E-state index contributed by atoms with van der Waals surface area (Å²) in [5, 5.41) is 5.57. The molecule has 0 aromatic heterocycles. The number of nitrogens with one attached hydrogen (secondary N) is 1. The molecule has 0 radical (unpaired) electrons. The van der Waals surface area contributed by atoms with Gasteiger partial charge in [-0.05, 0) is 74.4 Å². The molecule has 0 bridgehead atoms. The molecule has 2 amide bonds. The maximum atomic E-state index is 13.1. The van der Waals surface area contributed by atoms with Crippen molar-refractivity contribution in [1.82, 2.24) is 14.7 Å². The van der Waals surface area contributed by atoms with E-state index in [1.165, 1.54) is 21.2 Å². The average molecular weight is 515 g/mol. The Hall–Kier alpha value is -2.56. The number of hydroxylamine groups is 2. The largest absolute Gasteiger partial charge is 0.312 e. The van der Waals surface area contributed by atoms with Crippen LogP contribution in [0.1, 0.15) is 72.0 Å². The number of aliphatic imine (C=N–C) groups is 1. The molecule has 0 unspecified atom stereocenters. The third kappa shape index (κ3) is 4.73. The summed E-state index contributed by atoms with van der Waals surface area (Å²) in [5.41, 5.74) is 2.09. The van der Waals surface area contributed by atoms with Crippen molar-refractivity contribution in [3.05, 3.63) is 39.8 Å². The number of piperidine rings is 1. The smallest absolute Gasteiger partial charge is 0.277 e. The molecule has 4 aliphatic rings. The van der Waals surface area contributed by atoms with Gasteiger partial charge in [0.25, 0.3) is 11.8 Å². The van der Waals surface area contributed by atoms with Gasteiger partial charge >= 0.3 is 0 Å². The van der Waals surface area contributed by atoms with E-state index < -0.39 is 15.6 Å². The van der Waals surface area contributed by atoms with E-state index in [0.29, 0.717) is 37.5 Å². The molecule has 1 N–H and O–H groups in total. The quantitative estimate of drug-likeness (QED) is 0.650. The molecule has 10 heteroatoms. The van der Waals surface area contributed by atoms with E-state index in [2.05, 4.69) is 5.32 Å². The Labute approximate surface area is 212 Å².